The summed E-state index contributed by atoms with van der Waals surface area (Å²) >= 11 is 0. The highest BCUT2D eigenvalue weighted by atomic mass is 16.2. The quantitative estimate of drug-likeness (QED) is 0.806. The SMILES string of the molecule is O=C(C1CC1)N1[C@H]2CC[C@H]1Cn1c(nc3ccccc3c1=O)C2. The lowest BCUT2D eigenvalue weighted by Gasteiger charge is -2.27. The van der Waals surface area contributed by atoms with E-state index in [-0.39, 0.29) is 23.6 Å². The van der Waals surface area contributed by atoms with Gasteiger partial charge >= 0.3 is 0 Å². The Labute approximate surface area is 133 Å². The van der Waals surface area contributed by atoms with Crippen molar-refractivity contribution in [2.24, 2.45) is 5.92 Å². The molecule has 1 aliphatic carbocycles. The first-order chi connectivity index (χ1) is 11.2. The third-order valence-electron chi connectivity index (χ3n) is 5.55. The summed E-state index contributed by atoms with van der Waals surface area (Å²) < 4.78 is 1.82. The molecule has 5 nitrogen and oxygen atoms in total. The van der Waals surface area contributed by atoms with Gasteiger partial charge in [-0.1, -0.05) is 12.1 Å². The van der Waals surface area contributed by atoms with Crippen molar-refractivity contribution in [3.63, 3.8) is 0 Å². The van der Waals surface area contributed by atoms with Gasteiger partial charge in [-0.25, -0.2) is 4.98 Å². The Hall–Kier alpha value is -2.17. The lowest BCUT2D eigenvalue weighted by molar-refractivity contribution is -0.135. The number of carbonyl (C=O) groups is 1. The lowest BCUT2D eigenvalue weighted by atomic mass is 10.1. The predicted octanol–water partition coefficient (Wildman–Crippen LogP) is 1.72. The van der Waals surface area contributed by atoms with Crippen LogP contribution in [0.3, 0.4) is 0 Å². The van der Waals surface area contributed by atoms with Crippen molar-refractivity contribution in [1.29, 1.82) is 0 Å². The molecule has 1 saturated carbocycles. The zero-order valence-electron chi connectivity index (χ0n) is 12.9. The molecule has 1 aromatic heterocycles. The smallest absolute Gasteiger partial charge is 0.261 e. The van der Waals surface area contributed by atoms with Crippen LogP contribution in [0.25, 0.3) is 10.9 Å². The van der Waals surface area contributed by atoms with Crippen LogP contribution in [0.1, 0.15) is 31.5 Å². The number of amides is 1. The molecule has 2 atom stereocenters. The molecule has 118 valence electrons. The number of carbonyl (C=O) groups excluding carboxylic acids is 1. The summed E-state index contributed by atoms with van der Waals surface area (Å²) in [6.07, 6.45) is 4.80. The van der Waals surface area contributed by atoms with Gasteiger partial charge in [0.1, 0.15) is 5.82 Å². The van der Waals surface area contributed by atoms with Crippen LogP contribution in [-0.2, 0) is 17.8 Å². The molecule has 3 heterocycles. The monoisotopic (exact) mass is 309 g/mol. The molecule has 0 N–H and O–H groups in total. The van der Waals surface area contributed by atoms with E-state index < -0.39 is 0 Å². The van der Waals surface area contributed by atoms with E-state index >= 15 is 0 Å². The van der Waals surface area contributed by atoms with Gasteiger partial charge in [0.15, 0.2) is 0 Å². The number of fused-ring (bicyclic) bond motifs is 4. The summed E-state index contributed by atoms with van der Waals surface area (Å²) in [7, 11) is 0. The first-order valence-corrected chi connectivity index (χ1v) is 8.53. The number of para-hydroxylation sites is 1. The number of aromatic nitrogens is 2. The second-order valence-electron chi connectivity index (χ2n) is 7.07. The van der Waals surface area contributed by atoms with Gasteiger partial charge in [0.25, 0.3) is 5.56 Å². The summed E-state index contributed by atoms with van der Waals surface area (Å²) in [6.45, 7) is 0.598. The van der Waals surface area contributed by atoms with Gasteiger partial charge in [0, 0.05) is 24.9 Å². The Balaban J connectivity index is 1.62. The molecular formula is C18H19N3O2. The molecule has 1 amide bonds. The molecule has 2 aromatic rings. The summed E-state index contributed by atoms with van der Waals surface area (Å²) in [5.41, 5.74) is 0.804. The highest BCUT2D eigenvalue weighted by Crippen LogP contribution is 2.38. The maximum absolute atomic E-state index is 12.8. The van der Waals surface area contributed by atoms with E-state index in [2.05, 4.69) is 4.90 Å². The fourth-order valence-electron chi connectivity index (χ4n) is 4.22. The molecule has 5 heteroatoms. The van der Waals surface area contributed by atoms with Gasteiger partial charge in [0.05, 0.1) is 16.9 Å². The van der Waals surface area contributed by atoms with Crippen LogP contribution in [0, 0.1) is 5.92 Å². The summed E-state index contributed by atoms with van der Waals surface area (Å²) in [5, 5.41) is 0.675. The fourth-order valence-corrected chi connectivity index (χ4v) is 4.22. The standard InChI is InChI=1S/C18H19N3O2/c22-17(11-5-6-11)21-12-7-8-13(21)10-20-16(9-12)19-15-4-2-1-3-14(15)18(20)23/h1-4,11-13H,5-10H2/t12-,13-/m0/s1. The van der Waals surface area contributed by atoms with Crippen molar-refractivity contribution in [3.05, 3.63) is 40.4 Å². The number of hydrogen-bond acceptors (Lipinski definition) is 3. The van der Waals surface area contributed by atoms with Gasteiger partial charge in [-0.05, 0) is 37.8 Å². The lowest BCUT2D eigenvalue weighted by Crippen LogP contribution is -2.43. The zero-order chi connectivity index (χ0) is 15.6. The number of benzene rings is 1. The van der Waals surface area contributed by atoms with Gasteiger partial charge in [-0.2, -0.15) is 0 Å². The molecule has 2 aliphatic heterocycles. The Morgan fingerprint density at radius 2 is 1.87 bits per heavy atom. The maximum Gasteiger partial charge on any atom is 0.261 e. The normalized spacial score (nSPS) is 26.2. The molecule has 2 fully saturated rings. The Bertz CT molecular complexity index is 868. The van der Waals surface area contributed by atoms with Gasteiger partial charge in [-0.3, -0.25) is 14.2 Å². The molecule has 23 heavy (non-hydrogen) atoms. The van der Waals surface area contributed by atoms with Crippen LogP contribution in [0.15, 0.2) is 29.1 Å². The average Bonchev–Trinajstić information content (AvgIpc) is 3.33. The van der Waals surface area contributed by atoms with Crippen molar-refractivity contribution < 1.29 is 4.79 Å². The van der Waals surface area contributed by atoms with Crippen molar-refractivity contribution in [2.75, 3.05) is 0 Å². The first kappa shape index (κ1) is 13.3. The molecule has 3 aliphatic rings. The maximum atomic E-state index is 12.8. The number of hydrogen-bond donors (Lipinski definition) is 0. The van der Waals surface area contributed by atoms with Gasteiger partial charge in [-0.15, -0.1) is 0 Å². The van der Waals surface area contributed by atoms with E-state index in [1.54, 1.807) is 0 Å². The fraction of sp³-hybridized carbons (Fsp3) is 0.500. The van der Waals surface area contributed by atoms with Crippen molar-refractivity contribution >= 4 is 16.8 Å². The van der Waals surface area contributed by atoms with E-state index in [4.69, 9.17) is 4.98 Å². The predicted molar refractivity (Wildman–Crippen MR) is 86.1 cm³/mol. The number of rotatable bonds is 1. The van der Waals surface area contributed by atoms with E-state index in [0.29, 0.717) is 24.3 Å². The average molecular weight is 309 g/mol. The largest absolute Gasteiger partial charge is 0.334 e. The highest BCUT2D eigenvalue weighted by molar-refractivity contribution is 5.82. The summed E-state index contributed by atoms with van der Waals surface area (Å²) in [6, 6.07) is 7.91. The number of nitrogens with zero attached hydrogens (tertiary/aromatic N) is 3. The van der Waals surface area contributed by atoms with E-state index in [1.807, 2.05) is 28.8 Å². The molecule has 0 unspecified atom stereocenters. The molecule has 0 spiro atoms. The molecule has 1 aromatic carbocycles. The Morgan fingerprint density at radius 1 is 1.09 bits per heavy atom. The van der Waals surface area contributed by atoms with Crippen molar-refractivity contribution in [2.45, 2.75) is 50.7 Å². The summed E-state index contributed by atoms with van der Waals surface area (Å²) in [4.78, 5) is 32.3. The summed E-state index contributed by atoms with van der Waals surface area (Å²) in [5.74, 6) is 1.39. The Kier molecular flexibility index (Phi) is 2.69. The van der Waals surface area contributed by atoms with E-state index in [0.717, 1.165) is 37.0 Å². The molecule has 1 saturated heterocycles. The Morgan fingerprint density at radius 3 is 2.70 bits per heavy atom. The zero-order valence-corrected chi connectivity index (χ0v) is 12.9. The molecule has 2 bridgehead atoms. The van der Waals surface area contributed by atoms with Gasteiger partial charge < -0.3 is 4.90 Å². The van der Waals surface area contributed by atoms with Crippen LogP contribution in [0.4, 0.5) is 0 Å². The van der Waals surface area contributed by atoms with Crippen molar-refractivity contribution in [3.8, 4) is 0 Å². The minimum absolute atomic E-state index is 0.0389. The second-order valence-corrected chi connectivity index (χ2v) is 7.07. The highest BCUT2D eigenvalue weighted by Gasteiger charge is 2.45. The molecular weight excluding hydrogens is 290 g/mol. The second kappa shape index (κ2) is 4.66. The van der Waals surface area contributed by atoms with Gasteiger partial charge in [0.2, 0.25) is 5.91 Å². The van der Waals surface area contributed by atoms with Crippen LogP contribution in [0.2, 0.25) is 0 Å². The molecule has 0 radical (unpaired) electrons. The van der Waals surface area contributed by atoms with Crippen LogP contribution in [0.5, 0.6) is 0 Å². The minimum atomic E-state index is 0.0389. The molecule has 5 rings (SSSR count). The van der Waals surface area contributed by atoms with Crippen LogP contribution >= 0.6 is 0 Å². The van der Waals surface area contributed by atoms with E-state index in [1.165, 1.54) is 0 Å². The third-order valence-corrected chi connectivity index (χ3v) is 5.55. The van der Waals surface area contributed by atoms with E-state index in [9.17, 15) is 9.59 Å². The van der Waals surface area contributed by atoms with Crippen LogP contribution < -0.4 is 5.56 Å². The topological polar surface area (TPSA) is 55.2 Å². The minimum Gasteiger partial charge on any atom is -0.334 e. The van der Waals surface area contributed by atoms with Crippen molar-refractivity contribution in [1.82, 2.24) is 14.5 Å². The third kappa shape index (κ3) is 1.95. The van der Waals surface area contributed by atoms with Crippen LogP contribution in [-0.4, -0.2) is 32.4 Å². The first-order valence-electron chi connectivity index (χ1n) is 8.53.